The number of alkyl halides is 2. The van der Waals surface area contributed by atoms with Gasteiger partial charge in [-0.15, -0.1) is 0 Å². The minimum absolute atomic E-state index is 0.0565. The Morgan fingerprint density at radius 1 is 1.36 bits per heavy atom. The maximum Gasteiger partial charge on any atom is 0.410 e. The van der Waals surface area contributed by atoms with Gasteiger partial charge in [0.1, 0.15) is 18.0 Å². The van der Waals surface area contributed by atoms with Crippen LogP contribution < -0.4 is 4.74 Å². The molecule has 5 nitrogen and oxygen atoms in total. The summed E-state index contributed by atoms with van der Waals surface area (Å²) in [7, 11) is 0. The molecule has 0 atom stereocenters. The Labute approximate surface area is 165 Å². The maximum atomic E-state index is 12.9. The molecule has 0 unspecified atom stereocenters. The number of hydrogen-bond acceptors (Lipinski definition) is 4. The van der Waals surface area contributed by atoms with Gasteiger partial charge in [-0.05, 0) is 51.3 Å². The number of carbonyl (C=O) groups is 1. The van der Waals surface area contributed by atoms with Crippen LogP contribution in [0.2, 0.25) is 0 Å². The molecule has 7 heteroatoms. The number of hydrogen-bond donors (Lipinski definition) is 0. The molecule has 156 valence electrons. The first-order valence-electron chi connectivity index (χ1n) is 9.43. The molecular weight excluding hydrogens is 368 g/mol. The van der Waals surface area contributed by atoms with Crippen LogP contribution >= 0.6 is 0 Å². The van der Waals surface area contributed by atoms with E-state index in [-0.39, 0.29) is 12.6 Å². The average molecular weight is 397 g/mol. The number of rotatable bonds is 7. The zero-order chi connectivity index (χ0) is 20.7. The minimum Gasteiger partial charge on any atom is -0.487 e. The van der Waals surface area contributed by atoms with Crippen molar-refractivity contribution in [3.8, 4) is 5.75 Å². The van der Waals surface area contributed by atoms with Crippen LogP contribution in [0.4, 0.5) is 13.6 Å². The van der Waals surface area contributed by atoms with Crippen molar-refractivity contribution < 1.29 is 27.8 Å². The van der Waals surface area contributed by atoms with Crippen molar-refractivity contribution in [2.75, 3.05) is 19.8 Å². The molecule has 0 aliphatic carbocycles. The first-order valence-corrected chi connectivity index (χ1v) is 9.43. The maximum absolute atomic E-state index is 12.9. The van der Waals surface area contributed by atoms with E-state index in [1.54, 1.807) is 29.2 Å². The van der Waals surface area contributed by atoms with Gasteiger partial charge in [0.2, 0.25) is 0 Å². The fraction of sp³-hybridized carbons (Fsp3) is 0.571. The molecular formula is C21H29F2NO4. The molecule has 1 fully saturated rings. The second-order valence-electron chi connectivity index (χ2n) is 7.73. The molecule has 0 bridgehead atoms. The van der Waals surface area contributed by atoms with E-state index in [1.807, 2.05) is 20.8 Å². The third-order valence-corrected chi connectivity index (χ3v) is 4.29. The zero-order valence-corrected chi connectivity index (χ0v) is 16.7. The van der Waals surface area contributed by atoms with Gasteiger partial charge in [-0.3, -0.25) is 0 Å². The highest BCUT2D eigenvalue weighted by Crippen LogP contribution is 2.27. The van der Waals surface area contributed by atoms with Gasteiger partial charge in [0.25, 0.3) is 6.43 Å². The van der Waals surface area contributed by atoms with Gasteiger partial charge in [0.15, 0.2) is 0 Å². The molecule has 1 amide bonds. The Morgan fingerprint density at radius 3 is 2.61 bits per heavy atom. The fourth-order valence-electron chi connectivity index (χ4n) is 2.99. The van der Waals surface area contributed by atoms with Crippen LogP contribution in [0.25, 0.3) is 6.08 Å². The van der Waals surface area contributed by atoms with Crippen LogP contribution in [-0.2, 0) is 16.0 Å². The van der Waals surface area contributed by atoms with Crippen LogP contribution in [0.15, 0.2) is 24.8 Å². The molecule has 2 rings (SSSR count). The molecule has 0 spiro atoms. The lowest BCUT2D eigenvalue weighted by atomic mass is 10.0. The summed E-state index contributed by atoms with van der Waals surface area (Å²) >= 11 is 0. The van der Waals surface area contributed by atoms with Crippen LogP contribution in [0.5, 0.6) is 5.75 Å². The average Bonchev–Trinajstić information content (AvgIpc) is 2.63. The Morgan fingerprint density at radius 2 is 2.04 bits per heavy atom. The van der Waals surface area contributed by atoms with Gasteiger partial charge in [-0.1, -0.05) is 18.7 Å². The largest absolute Gasteiger partial charge is 0.487 e. The van der Waals surface area contributed by atoms with Crippen molar-refractivity contribution in [3.63, 3.8) is 0 Å². The van der Waals surface area contributed by atoms with Crippen molar-refractivity contribution in [2.45, 2.75) is 58.2 Å². The topological polar surface area (TPSA) is 48.0 Å². The fourth-order valence-corrected chi connectivity index (χ4v) is 2.99. The van der Waals surface area contributed by atoms with Crippen molar-refractivity contribution in [1.82, 2.24) is 4.90 Å². The summed E-state index contributed by atoms with van der Waals surface area (Å²) in [5.74, 6) is 0.325. The Hall–Kier alpha value is -2.15. The lowest BCUT2D eigenvalue weighted by molar-refractivity contribution is -0.00841. The predicted octanol–water partition coefficient (Wildman–Crippen LogP) is 4.89. The molecule has 1 heterocycles. The van der Waals surface area contributed by atoms with Crippen molar-refractivity contribution in [3.05, 3.63) is 35.9 Å². The van der Waals surface area contributed by atoms with Crippen LogP contribution in [0.3, 0.4) is 0 Å². The number of amides is 1. The van der Waals surface area contributed by atoms with Crippen molar-refractivity contribution in [1.29, 1.82) is 0 Å². The normalized spacial score (nSPS) is 15.4. The highest BCUT2D eigenvalue weighted by molar-refractivity contribution is 5.69. The standard InChI is InChI=1S/C21H29F2NO4/c1-5-15-6-7-18(27-14-19(22)23)16(12-15)13-24(17-8-10-26-11-9-17)20(25)28-21(2,3)4/h5-7,12,17,19H,1,8-11,13-14H2,2-4H3. The summed E-state index contributed by atoms with van der Waals surface area (Å²) in [6, 6.07) is 5.11. The Balaban J connectivity index is 2.30. The summed E-state index contributed by atoms with van der Waals surface area (Å²) in [4.78, 5) is 14.5. The molecule has 1 aliphatic heterocycles. The van der Waals surface area contributed by atoms with Crippen LogP contribution in [0, 0.1) is 0 Å². The quantitative estimate of drug-likeness (QED) is 0.657. The summed E-state index contributed by atoms with van der Waals surface area (Å²) in [5, 5.41) is 0. The zero-order valence-electron chi connectivity index (χ0n) is 16.7. The van der Waals surface area contributed by atoms with E-state index in [9.17, 15) is 13.6 Å². The van der Waals surface area contributed by atoms with Crippen molar-refractivity contribution in [2.24, 2.45) is 0 Å². The van der Waals surface area contributed by atoms with Gasteiger partial charge < -0.3 is 19.1 Å². The number of nitrogens with zero attached hydrogens (tertiary/aromatic N) is 1. The van der Waals surface area contributed by atoms with E-state index in [0.29, 0.717) is 37.4 Å². The van der Waals surface area contributed by atoms with Gasteiger partial charge in [-0.25, -0.2) is 13.6 Å². The molecule has 1 aromatic rings. The molecule has 1 aromatic carbocycles. The second kappa shape index (κ2) is 9.87. The van der Waals surface area contributed by atoms with E-state index in [2.05, 4.69) is 6.58 Å². The number of ether oxygens (including phenoxy) is 3. The Bertz CT molecular complexity index is 667. The summed E-state index contributed by atoms with van der Waals surface area (Å²) in [6.07, 6.45) is 0.0149. The molecule has 0 saturated carbocycles. The smallest absolute Gasteiger partial charge is 0.410 e. The molecule has 1 saturated heterocycles. The van der Waals surface area contributed by atoms with E-state index in [4.69, 9.17) is 14.2 Å². The van der Waals surface area contributed by atoms with E-state index in [0.717, 1.165) is 5.56 Å². The third-order valence-electron chi connectivity index (χ3n) is 4.29. The van der Waals surface area contributed by atoms with Gasteiger partial charge >= 0.3 is 6.09 Å². The highest BCUT2D eigenvalue weighted by Gasteiger charge is 2.30. The Kier molecular flexibility index (Phi) is 7.80. The molecule has 1 aliphatic rings. The van der Waals surface area contributed by atoms with Gasteiger partial charge in [0.05, 0.1) is 6.54 Å². The predicted molar refractivity (Wildman–Crippen MR) is 104 cm³/mol. The second-order valence-corrected chi connectivity index (χ2v) is 7.73. The third kappa shape index (κ3) is 6.78. The first-order chi connectivity index (χ1) is 13.2. The van der Waals surface area contributed by atoms with Gasteiger partial charge in [-0.2, -0.15) is 0 Å². The van der Waals surface area contributed by atoms with E-state index < -0.39 is 24.7 Å². The lowest BCUT2D eigenvalue weighted by Gasteiger charge is -2.36. The molecule has 0 aromatic heterocycles. The molecule has 0 N–H and O–H groups in total. The van der Waals surface area contributed by atoms with Crippen LogP contribution in [0.1, 0.15) is 44.7 Å². The number of carbonyl (C=O) groups excluding carboxylic acids is 1. The highest BCUT2D eigenvalue weighted by atomic mass is 19.3. The lowest BCUT2D eigenvalue weighted by Crippen LogP contribution is -2.45. The number of benzene rings is 1. The minimum atomic E-state index is -2.58. The van der Waals surface area contributed by atoms with Gasteiger partial charge in [0, 0.05) is 24.8 Å². The SMILES string of the molecule is C=Cc1ccc(OCC(F)F)c(CN(C(=O)OC(C)(C)C)C2CCOCC2)c1. The van der Waals surface area contributed by atoms with Crippen LogP contribution in [-0.4, -0.2) is 48.9 Å². The van der Waals surface area contributed by atoms with Crippen molar-refractivity contribution >= 4 is 12.2 Å². The van der Waals surface area contributed by atoms with E-state index in [1.165, 1.54) is 0 Å². The molecule has 0 radical (unpaired) electrons. The molecule has 28 heavy (non-hydrogen) atoms. The first kappa shape index (κ1) is 22.1. The summed E-state index contributed by atoms with van der Waals surface area (Å²) < 4.78 is 41.5. The summed E-state index contributed by atoms with van der Waals surface area (Å²) in [5.41, 5.74) is 0.810. The summed E-state index contributed by atoms with van der Waals surface area (Å²) in [6.45, 7) is 9.78. The number of halogens is 2. The van der Waals surface area contributed by atoms with E-state index >= 15 is 0 Å². The monoisotopic (exact) mass is 397 g/mol.